The molecule has 0 aliphatic carbocycles. The number of aliphatic carboxylic acids is 1. The molecule has 0 saturated carbocycles. The van der Waals surface area contributed by atoms with Crippen LogP contribution in [0.25, 0.3) is 44.6 Å². The number of pyridine rings is 4. The second-order valence-electron chi connectivity index (χ2n) is 35.2. The summed E-state index contributed by atoms with van der Waals surface area (Å²) in [5.74, 6) is -5.77. The van der Waals surface area contributed by atoms with Crippen LogP contribution < -0.4 is 26.5 Å². The number of ether oxygens (including phenoxy) is 7. The van der Waals surface area contributed by atoms with Gasteiger partial charge in [0.05, 0.1) is 70.9 Å². The number of carboxylic acids is 1. The van der Waals surface area contributed by atoms with Crippen molar-refractivity contribution in [1.82, 2.24) is 44.4 Å². The topological polar surface area (TPSA) is 362 Å². The summed E-state index contributed by atoms with van der Waals surface area (Å²) in [6.07, 6.45) is 20.7. The van der Waals surface area contributed by atoms with Crippen LogP contribution in [0.2, 0.25) is 0 Å². The first-order valence-corrected chi connectivity index (χ1v) is 43.7. The van der Waals surface area contributed by atoms with Crippen LogP contribution in [0.4, 0.5) is 4.79 Å². The third-order valence-corrected chi connectivity index (χ3v) is 21.9. The van der Waals surface area contributed by atoms with E-state index in [4.69, 9.17) is 43.1 Å². The SMILES string of the molecule is C.C.CCCCCCCCCCCCC(NC(=O)CCC(=O)O[C@]1(CC)C(=O)OCc2c1cc1n(c2=O)Cc2cc3c(CN(C)C)c(O)ccc3nc2-1)C(=O)O.CCCCCCCCCCCCC(NC(=O)CCC(=O)O[C@]1(CC)C(=O)OCc2c1cc1n(c2=O)Cc2cc3cc(OC(=O)OC(C)(C)C)ccc3nc2-1)C(=O)OC(C)(C)C.CN(C)CN(C)C. The molecule has 0 bridgehead atoms. The Balaban J connectivity index is 0.000000352. The van der Waals surface area contributed by atoms with E-state index in [1.807, 2.05) is 31.1 Å². The smallest absolute Gasteiger partial charge is 0.508 e. The Labute approximate surface area is 731 Å². The lowest BCUT2D eigenvalue weighted by molar-refractivity contribution is -0.189. The number of aromatic nitrogens is 4. The molecule has 4 atom stereocenters. The Hall–Kier alpha value is -10.1. The number of carbonyl (C=O) groups excluding carboxylic acids is 8. The number of fused-ring (bicyclic) bond motifs is 10. The molecule has 4 aliphatic heterocycles. The fraction of sp³-hybridized carbons (Fsp3) is 0.611. The van der Waals surface area contributed by atoms with Gasteiger partial charge in [0, 0.05) is 64.6 Å². The van der Waals surface area contributed by atoms with Crippen LogP contribution in [0.1, 0.15) is 303 Å². The number of phenolic OH excluding ortho intramolecular Hbond substituents is 1. The van der Waals surface area contributed by atoms with Crippen LogP contribution >= 0.6 is 0 Å². The average Bonchev–Trinajstić information content (AvgIpc) is 1.50. The Morgan fingerprint density at radius 2 is 0.944 bits per heavy atom. The predicted molar refractivity (Wildman–Crippen MR) is 477 cm³/mol. The van der Waals surface area contributed by atoms with Crippen LogP contribution in [-0.2, 0) is 111 Å². The number of hydrogen-bond donors (Lipinski definition) is 4. The Bertz CT molecular complexity index is 4820. The van der Waals surface area contributed by atoms with Crippen molar-refractivity contribution in [2.24, 2.45) is 0 Å². The molecule has 8 heterocycles. The molecule has 10 rings (SSSR count). The molecule has 2 amide bonds. The number of nitrogens with zero attached hydrogens (tertiary/aromatic N) is 7. The minimum absolute atomic E-state index is 0. The summed E-state index contributed by atoms with van der Waals surface area (Å²) in [5.41, 5.74) is -0.0482. The third-order valence-electron chi connectivity index (χ3n) is 21.9. The molecule has 29 nitrogen and oxygen atoms in total. The first-order chi connectivity index (χ1) is 57.9. The molecule has 0 radical (unpaired) electrons. The minimum Gasteiger partial charge on any atom is -0.508 e. The number of phenols is 1. The van der Waals surface area contributed by atoms with Gasteiger partial charge in [0.25, 0.3) is 11.1 Å². The van der Waals surface area contributed by atoms with Crippen molar-refractivity contribution < 1.29 is 86.5 Å². The van der Waals surface area contributed by atoms with Crippen molar-refractivity contribution in [2.75, 3.05) is 49.0 Å². The summed E-state index contributed by atoms with van der Waals surface area (Å²) in [6, 6.07) is 13.4. The number of carbonyl (C=O) groups is 9. The standard InChI is InChI=1S/C47H63N3O11.C41H54N4O9.C5H14N2.2CH4/c1-9-11-12-13-14-15-16-17-18-19-20-36(42(54)60-45(3,4)5)48-38(51)23-24-39(52)59-47(10-2)34-27-37-40-31(28-50(37)41(53)33(34)29-57-43(47)55)25-30-26-32(21-22-35(30)49-40)58-44(56)61-46(6,7)8;1-5-7-8-9-10-11-12-13-14-15-16-32(39(50)51)42-35(47)19-20-36(48)54-41(6-2)30-22-33-37-26(23-45(33)38(49)29(30)25-53-40(41)52)21-27-28(24-44(3)4)34(46)18-17-31(27)43-37;1-6(2)5-7(3)4;;/h21-22,25-27,36H,9-20,23-24,28-29H2,1-8H3,(H,48,51);17-18,21-22,32,46H,5-16,19-20,23-25H2,1-4H3,(H,42,47)(H,50,51);5H2,1-4H3;2*1H4/t36?,47-;32?,41-;;;/m00.../s1. The Kier molecular flexibility index (Phi) is 39.1. The van der Waals surface area contributed by atoms with Crippen molar-refractivity contribution in [1.29, 1.82) is 0 Å². The van der Waals surface area contributed by atoms with E-state index in [9.17, 15) is 63.0 Å². The molecule has 0 spiro atoms. The lowest BCUT2D eigenvalue weighted by Crippen LogP contribution is -2.47. The Morgan fingerprint density at radius 3 is 1.36 bits per heavy atom. The molecule has 2 aromatic carbocycles. The fourth-order valence-corrected chi connectivity index (χ4v) is 15.9. The van der Waals surface area contributed by atoms with E-state index >= 15 is 0 Å². The van der Waals surface area contributed by atoms with Crippen molar-refractivity contribution >= 4 is 75.6 Å². The van der Waals surface area contributed by atoms with E-state index in [0.717, 1.165) is 68.1 Å². The molecule has 4 aliphatic rings. The van der Waals surface area contributed by atoms with Gasteiger partial charge in [0.2, 0.25) is 23.0 Å². The van der Waals surface area contributed by atoms with Crippen LogP contribution in [-0.4, -0.2) is 170 Å². The van der Waals surface area contributed by atoms with E-state index in [1.54, 1.807) is 102 Å². The quantitative estimate of drug-likeness (QED) is 0.00909. The number of amides is 2. The molecule has 29 heteroatoms. The highest BCUT2D eigenvalue weighted by molar-refractivity contribution is 5.93. The van der Waals surface area contributed by atoms with Crippen molar-refractivity contribution in [3.05, 3.63) is 114 Å². The van der Waals surface area contributed by atoms with Gasteiger partial charge in [-0.25, -0.2) is 33.9 Å². The zero-order valence-corrected chi connectivity index (χ0v) is 74.8. The van der Waals surface area contributed by atoms with E-state index in [0.29, 0.717) is 64.1 Å². The Morgan fingerprint density at radius 1 is 0.524 bits per heavy atom. The highest BCUT2D eigenvalue weighted by Gasteiger charge is 2.52. The maximum Gasteiger partial charge on any atom is 0.514 e. The number of esters is 5. The van der Waals surface area contributed by atoms with E-state index in [1.165, 1.54) is 81.6 Å². The number of nitrogens with one attached hydrogen (secondary N) is 2. The number of hydrogen-bond acceptors (Lipinski definition) is 24. The normalized spacial score (nSPS) is 15.7. The van der Waals surface area contributed by atoms with Gasteiger partial charge in [-0.2, -0.15) is 0 Å². The molecule has 684 valence electrons. The number of unbranched alkanes of at least 4 members (excludes halogenated alkanes) is 18. The maximum atomic E-state index is 14.0. The van der Waals surface area contributed by atoms with E-state index < -0.39 is 112 Å². The molecule has 4 aromatic heterocycles. The molecule has 6 aromatic rings. The number of rotatable bonds is 41. The van der Waals surface area contributed by atoms with Crippen molar-refractivity contribution in [2.45, 2.75) is 331 Å². The van der Waals surface area contributed by atoms with E-state index in [2.05, 4.69) is 62.5 Å². The highest BCUT2D eigenvalue weighted by atomic mass is 16.7. The summed E-state index contributed by atoms with van der Waals surface area (Å²) in [5, 5.41) is 27.0. The number of aromatic hydroxyl groups is 1. The molecular weight excluding hydrogens is 1590 g/mol. The fourth-order valence-electron chi connectivity index (χ4n) is 15.9. The summed E-state index contributed by atoms with van der Waals surface area (Å²) in [6.45, 7) is 19.5. The summed E-state index contributed by atoms with van der Waals surface area (Å²) in [4.78, 5) is 161. The van der Waals surface area contributed by atoms with E-state index in [-0.39, 0.29) is 107 Å². The van der Waals surface area contributed by atoms with Gasteiger partial charge < -0.3 is 68.0 Å². The van der Waals surface area contributed by atoms with Gasteiger partial charge in [-0.05, 0) is 164 Å². The molecule has 2 unspecified atom stereocenters. The second-order valence-corrected chi connectivity index (χ2v) is 35.2. The van der Waals surface area contributed by atoms with Crippen LogP contribution in [0, 0.1) is 0 Å². The van der Waals surface area contributed by atoms with Crippen molar-refractivity contribution in [3.63, 3.8) is 0 Å². The predicted octanol–water partition coefficient (Wildman–Crippen LogP) is 16.3. The van der Waals surface area contributed by atoms with Gasteiger partial charge in [-0.15, -0.1) is 0 Å². The zero-order chi connectivity index (χ0) is 89.4. The third kappa shape index (κ3) is 27.9. The molecular formula is C95H139N9O20. The summed E-state index contributed by atoms with van der Waals surface area (Å²) < 4.78 is 42.0. The summed E-state index contributed by atoms with van der Waals surface area (Å²) >= 11 is 0. The second kappa shape index (κ2) is 47.3. The van der Waals surface area contributed by atoms with Crippen LogP contribution in [0.15, 0.2) is 64.2 Å². The lowest BCUT2D eigenvalue weighted by atomic mass is 9.85. The zero-order valence-electron chi connectivity index (χ0n) is 74.8. The van der Waals surface area contributed by atoms with Crippen LogP contribution in [0.5, 0.6) is 11.5 Å². The number of benzene rings is 2. The first-order valence-electron chi connectivity index (χ1n) is 43.7. The number of cyclic esters (lactones) is 2. The molecule has 124 heavy (non-hydrogen) atoms. The van der Waals surface area contributed by atoms with Crippen LogP contribution in [0.3, 0.4) is 0 Å². The largest absolute Gasteiger partial charge is 0.514 e. The summed E-state index contributed by atoms with van der Waals surface area (Å²) in [7, 11) is 12.0. The number of carboxylic acid groups (broad SMARTS) is 1. The van der Waals surface area contributed by atoms with Gasteiger partial charge in [-0.3, -0.25) is 38.6 Å². The first kappa shape index (κ1) is 103. The van der Waals surface area contributed by atoms with Gasteiger partial charge in [0.15, 0.2) is 0 Å². The van der Waals surface area contributed by atoms with Gasteiger partial charge >= 0.3 is 42.0 Å². The van der Waals surface area contributed by atoms with Gasteiger partial charge in [-0.1, -0.05) is 171 Å². The highest BCUT2D eigenvalue weighted by Crippen LogP contribution is 2.44. The lowest BCUT2D eigenvalue weighted by Gasteiger charge is -2.35. The maximum absolute atomic E-state index is 14.0. The monoisotopic (exact) mass is 1730 g/mol. The average molecular weight is 1730 g/mol. The van der Waals surface area contributed by atoms with Crippen molar-refractivity contribution in [3.8, 4) is 34.3 Å². The minimum atomic E-state index is -1.95. The van der Waals surface area contributed by atoms with Gasteiger partial charge in [0.1, 0.15) is 48.0 Å². The molecule has 4 N–H and O–H groups in total. The molecule has 0 fully saturated rings. The molecule has 0 saturated heterocycles.